The molecule has 48 heavy (non-hydrogen) atoms. The van der Waals surface area contributed by atoms with E-state index in [1.165, 1.54) is 19.1 Å². The number of aliphatic hydroxyl groups excluding tert-OH is 1. The molecule has 0 aliphatic carbocycles. The molecule has 3 fully saturated rings. The van der Waals surface area contributed by atoms with Gasteiger partial charge in [0.25, 0.3) is 5.91 Å². The highest BCUT2D eigenvalue weighted by Gasteiger charge is 2.48. The summed E-state index contributed by atoms with van der Waals surface area (Å²) in [4.78, 5) is 31.3. The number of piperazine rings is 1. The van der Waals surface area contributed by atoms with Crippen LogP contribution in [0.3, 0.4) is 0 Å². The number of rotatable bonds is 9. The van der Waals surface area contributed by atoms with Gasteiger partial charge in [0.15, 0.2) is 6.10 Å². The zero-order valence-electron chi connectivity index (χ0n) is 27.0. The number of nitriles is 1. The van der Waals surface area contributed by atoms with Crippen molar-refractivity contribution in [2.45, 2.75) is 50.5 Å². The molecule has 15 heteroatoms. The van der Waals surface area contributed by atoms with Gasteiger partial charge < -0.3 is 34.4 Å². The van der Waals surface area contributed by atoms with E-state index in [9.17, 15) is 23.9 Å². The number of alkyl halides is 2. The summed E-state index contributed by atoms with van der Waals surface area (Å²) in [6.07, 6.45) is -1.52. The molecule has 3 aromatic rings. The Kier molecular flexibility index (Phi) is 9.58. The van der Waals surface area contributed by atoms with Crippen LogP contribution in [0.1, 0.15) is 25.8 Å². The normalized spacial score (nSPS) is 21.9. The van der Waals surface area contributed by atoms with Crippen LogP contribution in [-0.2, 0) is 9.53 Å². The lowest BCUT2D eigenvalue weighted by molar-refractivity contribution is -0.165. The van der Waals surface area contributed by atoms with Gasteiger partial charge >= 0.3 is 5.92 Å². The topological polar surface area (TPSA) is 149 Å². The first-order valence-corrected chi connectivity index (χ1v) is 15.9. The fourth-order valence-corrected chi connectivity index (χ4v) is 6.29. The highest BCUT2D eigenvalue weighted by atomic mass is 19.3. The van der Waals surface area contributed by atoms with E-state index in [4.69, 9.17) is 14.2 Å². The fourth-order valence-electron chi connectivity index (χ4n) is 6.29. The number of carbonyl (C=O) groups excluding carboxylic acids is 1. The van der Waals surface area contributed by atoms with Gasteiger partial charge in [0, 0.05) is 50.4 Å². The van der Waals surface area contributed by atoms with Gasteiger partial charge in [-0.15, -0.1) is 0 Å². The molecule has 0 saturated carbocycles. The van der Waals surface area contributed by atoms with Crippen LogP contribution in [0.5, 0.6) is 11.6 Å². The predicted octanol–water partition coefficient (Wildman–Crippen LogP) is 3.07. The summed E-state index contributed by atoms with van der Waals surface area (Å²) in [5.74, 6) is -2.93. The van der Waals surface area contributed by atoms with Crippen molar-refractivity contribution >= 4 is 23.4 Å². The minimum Gasteiger partial charge on any atom is -0.483 e. The first-order chi connectivity index (χ1) is 23.1. The van der Waals surface area contributed by atoms with Gasteiger partial charge in [-0.05, 0) is 50.2 Å². The second-order valence-electron chi connectivity index (χ2n) is 12.3. The average molecular weight is 665 g/mol. The third kappa shape index (κ3) is 6.96. The Labute approximate surface area is 277 Å². The highest BCUT2D eigenvalue weighted by Crippen LogP contribution is 2.35. The second kappa shape index (κ2) is 13.8. The van der Waals surface area contributed by atoms with Gasteiger partial charge in [0.1, 0.15) is 29.4 Å². The van der Waals surface area contributed by atoms with E-state index in [2.05, 4.69) is 37.0 Å². The molecule has 254 valence electrons. The quantitative estimate of drug-likeness (QED) is 0.346. The third-order valence-corrected chi connectivity index (χ3v) is 8.91. The van der Waals surface area contributed by atoms with Gasteiger partial charge in [-0.3, -0.25) is 9.69 Å². The van der Waals surface area contributed by atoms with Crippen LogP contribution in [0.25, 0.3) is 11.3 Å². The Hall–Kier alpha value is -4.65. The maximum atomic E-state index is 14.9. The molecular formula is C33H38F2N8O5. The molecule has 13 nitrogen and oxygen atoms in total. The predicted molar refractivity (Wildman–Crippen MR) is 171 cm³/mol. The maximum absolute atomic E-state index is 14.9. The maximum Gasteiger partial charge on any atom is 0.301 e. The van der Waals surface area contributed by atoms with Gasteiger partial charge in [-0.1, -0.05) is 0 Å². The summed E-state index contributed by atoms with van der Waals surface area (Å²) >= 11 is 0. The lowest BCUT2D eigenvalue weighted by Gasteiger charge is -2.47. The summed E-state index contributed by atoms with van der Waals surface area (Å²) < 4.78 is 46.5. The lowest BCUT2D eigenvalue weighted by atomic mass is 10.0. The number of amides is 1. The number of nitrogens with zero attached hydrogens (tertiary/aromatic N) is 7. The van der Waals surface area contributed by atoms with E-state index in [1.54, 1.807) is 25.4 Å². The Morgan fingerprint density at radius 2 is 2.00 bits per heavy atom. The van der Waals surface area contributed by atoms with Gasteiger partial charge in [-0.25, -0.2) is 18.7 Å². The fraction of sp³-hybridized carbons (Fsp3) is 0.485. The Morgan fingerprint density at radius 3 is 2.67 bits per heavy atom. The number of aromatic nitrogens is 3. The monoisotopic (exact) mass is 664 g/mol. The zero-order chi connectivity index (χ0) is 34.0. The van der Waals surface area contributed by atoms with E-state index in [1.807, 2.05) is 18.2 Å². The minimum atomic E-state index is -3.38. The number of halogens is 2. The van der Waals surface area contributed by atoms with Gasteiger partial charge in [0.05, 0.1) is 44.2 Å². The molecule has 3 atom stereocenters. The number of likely N-dealkylation sites (tertiary alicyclic amines) is 1. The number of hydrogen-bond acceptors (Lipinski definition) is 12. The van der Waals surface area contributed by atoms with Gasteiger partial charge in [-0.2, -0.15) is 10.2 Å². The molecule has 0 radical (unpaired) electrons. The van der Waals surface area contributed by atoms with E-state index in [-0.39, 0.29) is 30.2 Å². The van der Waals surface area contributed by atoms with Crippen LogP contribution in [0.4, 0.5) is 26.2 Å². The smallest absolute Gasteiger partial charge is 0.301 e. The van der Waals surface area contributed by atoms with Crippen LogP contribution in [0.2, 0.25) is 0 Å². The standard InChI is InChI=1S/C33H38F2N8O5/c1-20-16-41(12-13-43(20)24-17-47-18-24)26-5-7-29(39-30(26)46-3)40-32-37-10-8-25(38-32)22-4-6-27(23(14-22)15-36)48-28-9-11-42(19-33(28,34)35)31(45)21(2)44/h4-8,10,14,20-21,24,28,44H,9,11-13,16-19H2,1-3H3,(H,37,38,39,40)/t20-,21-,28-/m0/s1. The SMILES string of the molecule is COc1nc(Nc2nccc(-c3ccc(O[C@H]4CCN(C(=O)[C@H](C)O)CC4(F)F)c(C#N)c3)n2)ccc1N1CCN(C2COC2)[C@@H](C)C1. The number of carbonyl (C=O) groups is 1. The molecule has 2 aromatic heterocycles. The zero-order valence-corrected chi connectivity index (χ0v) is 27.0. The number of nitrogens with one attached hydrogen (secondary N) is 1. The van der Waals surface area contributed by atoms with Gasteiger partial charge in [0.2, 0.25) is 11.8 Å². The molecule has 2 N–H and O–H groups in total. The van der Waals surface area contributed by atoms with Crippen molar-refractivity contribution in [1.82, 2.24) is 24.8 Å². The van der Waals surface area contributed by atoms with Crippen molar-refractivity contribution in [2.24, 2.45) is 0 Å². The summed E-state index contributed by atoms with van der Waals surface area (Å²) in [6, 6.07) is 12.9. The van der Waals surface area contributed by atoms with Crippen molar-refractivity contribution in [3.05, 3.63) is 48.2 Å². The number of aliphatic hydroxyl groups is 1. The average Bonchev–Trinajstić information content (AvgIpc) is 3.05. The molecule has 6 rings (SSSR count). The van der Waals surface area contributed by atoms with E-state index in [0.717, 1.165) is 43.4 Å². The molecule has 0 spiro atoms. The largest absolute Gasteiger partial charge is 0.483 e. The highest BCUT2D eigenvalue weighted by molar-refractivity contribution is 5.80. The number of ether oxygens (including phenoxy) is 3. The van der Waals surface area contributed by atoms with Crippen molar-refractivity contribution in [1.29, 1.82) is 5.26 Å². The molecule has 0 unspecified atom stereocenters. The van der Waals surface area contributed by atoms with Crippen LogP contribution < -0.4 is 19.7 Å². The summed E-state index contributed by atoms with van der Waals surface area (Å²) in [6.45, 7) is 6.77. The summed E-state index contributed by atoms with van der Waals surface area (Å²) in [5, 5.41) is 22.5. The number of methoxy groups -OCH3 is 1. The van der Waals surface area contributed by atoms with E-state index < -0.39 is 30.6 Å². The van der Waals surface area contributed by atoms with E-state index in [0.29, 0.717) is 35.0 Å². The second-order valence-corrected chi connectivity index (χ2v) is 12.3. The summed E-state index contributed by atoms with van der Waals surface area (Å²) in [7, 11) is 1.58. The molecule has 3 aliphatic rings. The first-order valence-electron chi connectivity index (χ1n) is 15.9. The molecule has 5 heterocycles. The first kappa shape index (κ1) is 33.3. The molecule has 3 saturated heterocycles. The van der Waals surface area contributed by atoms with Crippen LogP contribution in [0, 0.1) is 11.3 Å². The number of piperidine rings is 1. The molecule has 1 aromatic carbocycles. The Morgan fingerprint density at radius 1 is 1.19 bits per heavy atom. The Bertz CT molecular complexity index is 1680. The number of anilines is 3. The number of hydrogen-bond donors (Lipinski definition) is 2. The van der Waals surface area contributed by atoms with Crippen LogP contribution in [-0.4, -0.2) is 119 Å². The van der Waals surface area contributed by atoms with Crippen molar-refractivity contribution < 1.29 is 32.9 Å². The van der Waals surface area contributed by atoms with Crippen LogP contribution in [0.15, 0.2) is 42.6 Å². The van der Waals surface area contributed by atoms with Crippen molar-refractivity contribution in [3.8, 4) is 29.0 Å². The number of benzene rings is 1. The van der Waals surface area contributed by atoms with Crippen LogP contribution >= 0.6 is 0 Å². The van der Waals surface area contributed by atoms with Crippen molar-refractivity contribution in [3.63, 3.8) is 0 Å². The summed E-state index contributed by atoms with van der Waals surface area (Å²) in [5.41, 5.74) is 1.99. The molecule has 1 amide bonds. The molecule has 0 bridgehead atoms. The molecule has 3 aliphatic heterocycles. The Balaban J connectivity index is 1.13. The number of pyridine rings is 1. The van der Waals surface area contributed by atoms with Crippen molar-refractivity contribution in [2.75, 3.05) is 63.3 Å². The van der Waals surface area contributed by atoms with E-state index >= 15 is 0 Å². The minimum absolute atomic E-state index is 0.00196. The molecular weight excluding hydrogens is 626 g/mol. The lowest BCUT2D eigenvalue weighted by Crippen LogP contribution is -2.60. The third-order valence-electron chi connectivity index (χ3n) is 8.91.